The van der Waals surface area contributed by atoms with Crippen molar-refractivity contribution >= 4 is 21.8 Å². The molecule has 0 spiro atoms. The van der Waals surface area contributed by atoms with E-state index in [4.69, 9.17) is 23.7 Å². The van der Waals surface area contributed by atoms with Gasteiger partial charge in [0.1, 0.15) is 12.4 Å². The molecule has 3 rings (SSSR count). The zero-order valence-electron chi connectivity index (χ0n) is 17.6. The predicted octanol–water partition coefficient (Wildman–Crippen LogP) is 2.77. The van der Waals surface area contributed by atoms with E-state index in [0.29, 0.717) is 64.0 Å². The molecule has 0 saturated heterocycles. The lowest BCUT2D eigenvalue weighted by Crippen LogP contribution is -2.13. The number of aryl methyl sites for hydroxylation is 1. The highest BCUT2D eigenvalue weighted by atomic mass is 16.6. The summed E-state index contributed by atoms with van der Waals surface area (Å²) < 4.78 is 29.0. The van der Waals surface area contributed by atoms with Gasteiger partial charge in [-0.25, -0.2) is 0 Å². The van der Waals surface area contributed by atoms with Crippen LogP contribution in [0.25, 0.3) is 21.8 Å². The van der Waals surface area contributed by atoms with Crippen molar-refractivity contribution in [3.63, 3.8) is 0 Å². The maximum absolute atomic E-state index is 12.7. The third-order valence-electron chi connectivity index (χ3n) is 4.76. The second-order valence-corrected chi connectivity index (χ2v) is 6.76. The van der Waals surface area contributed by atoms with Gasteiger partial charge in [-0.2, -0.15) is 0 Å². The number of methoxy groups -OCH3 is 1. The molecular formula is C23H29NO6. The number of hydrogen-bond donors (Lipinski definition) is 0. The topological polar surface area (TPSA) is 68.2 Å². The van der Waals surface area contributed by atoms with E-state index in [-0.39, 0.29) is 5.43 Å². The number of benzene rings is 2. The Kier molecular flexibility index (Phi) is 8.65. The summed E-state index contributed by atoms with van der Waals surface area (Å²) in [4.78, 5) is 12.7. The number of para-hydroxylation sites is 1. The molecule has 0 radical (unpaired) electrons. The van der Waals surface area contributed by atoms with Crippen molar-refractivity contribution in [1.29, 1.82) is 0 Å². The van der Waals surface area contributed by atoms with E-state index < -0.39 is 0 Å². The number of aromatic nitrogens is 1. The molecule has 1 heterocycles. The van der Waals surface area contributed by atoms with Gasteiger partial charge in [0.2, 0.25) is 0 Å². The largest absolute Gasteiger partial charge is 0.491 e. The minimum absolute atomic E-state index is 0.0395. The molecule has 162 valence electrons. The first-order chi connectivity index (χ1) is 14.7. The van der Waals surface area contributed by atoms with Gasteiger partial charge >= 0.3 is 0 Å². The van der Waals surface area contributed by atoms with Gasteiger partial charge in [0.25, 0.3) is 0 Å². The van der Waals surface area contributed by atoms with Crippen molar-refractivity contribution in [3.05, 3.63) is 52.7 Å². The Hall–Kier alpha value is -2.45. The Bertz CT molecular complexity index is 1000. The van der Waals surface area contributed by atoms with Crippen LogP contribution in [0.5, 0.6) is 5.75 Å². The van der Waals surface area contributed by atoms with E-state index in [2.05, 4.69) is 0 Å². The van der Waals surface area contributed by atoms with Crippen LogP contribution in [0, 0.1) is 0 Å². The highest BCUT2D eigenvalue weighted by Crippen LogP contribution is 2.22. The maximum Gasteiger partial charge on any atom is 0.197 e. The fraction of sp³-hybridized carbons (Fsp3) is 0.435. The molecular weight excluding hydrogens is 386 g/mol. The average molecular weight is 415 g/mol. The molecule has 0 atom stereocenters. The molecule has 0 N–H and O–H groups in total. The Morgan fingerprint density at radius 2 is 1.33 bits per heavy atom. The summed E-state index contributed by atoms with van der Waals surface area (Å²) in [6.45, 7) is 4.15. The van der Waals surface area contributed by atoms with Gasteiger partial charge in [-0.3, -0.25) is 4.79 Å². The highest BCUT2D eigenvalue weighted by molar-refractivity contribution is 5.93. The minimum Gasteiger partial charge on any atom is -0.491 e. The monoisotopic (exact) mass is 415 g/mol. The maximum atomic E-state index is 12.7. The Labute approximate surface area is 176 Å². The average Bonchev–Trinajstić information content (AvgIpc) is 2.78. The van der Waals surface area contributed by atoms with Gasteiger partial charge in [-0.1, -0.05) is 12.1 Å². The SMILES string of the molecule is COCCOCCOCCOCCOc1ccc2c(=O)c3ccccc3n(C)c2c1. The van der Waals surface area contributed by atoms with Crippen LogP contribution in [0.4, 0.5) is 0 Å². The van der Waals surface area contributed by atoms with Crippen molar-refractivity contribution < 1.29 is 23.7 Å². The first kappa shape index (κ1) is 22.2. The normalized spacial score (nSPS) is 11.4. The molecule has 0 aliphatic carbocycles. The summed E-state index contributed by atoms with van der Waals surface area (Å²) in [6.07, 6.45) is 0. The zero-order valence-corrected chi connectivity index (χ0v) is 17.6. The van der Waals surface area contributed by atoms with Gasteiger partial charge in [-0.05, 0) is 24.3 Å². The van der Waals surface area contributed by atoms with Crippen LogP contribution in [0.1, 0.15) is 0 Å². The fourth-order valence-electron chi connectivity index (χ4n) is 3.21. The third kappa shape index (κ3) is 5.79. The van der Waals surface area contributed by atoms with Crippen molar-refractivity contribution in [2.45, 2.75) is 0 Å². The van der Waals surface area contributed by atoms with Crippen molar-refractivity contribution in [3.8, 4) is 5.75 Å². The first-order valence-corrected chi connectivity index (χ1v) is 10.1. The Morgan fingerprint density at radius 1 is 0.733 bits per heavy atom. The van der Waals surface area contributed by atoms with Gasteiger partial charge in [-0.15, -0.1) is 0 Å². The van der Waals surface area contributed by atoms with Gasteiger partial charge < -0.3 is 28.3 Å². The van der Waals surface area contributed by atoms with Crippen LogP contribution in [0.3, 0.4) is 0 Å². The number of pyridine rings is 1. The van der Waals surface area contributed by atoms with E-state index in [0.717, 1.165) is 16.4 Å². The van der Waals surface area contributed by atoms with E-state index in [1.54, 1.807) is 7.11 Å². The Balaban J connectivity index is 1.42. The lowest BCUT2D eigenvalue weighted by Gasteiger charge is -2.12. The van der Waals surface area contributed by atoms with Crippen LogP contribution in [-0.2, 0) is 26.0 Å². The van der Waals surface area contributed by atoms with Crippen molar-refractivity contribution in [2.75, 3.05) is 60.0 Å². The van der Waals surface area contributed by atoms with Crippen LogP contribution < -0.4 is 10.2 Å². The molecule has 0 unspecified atom stereocenters. The molecule has 0 fully saturated rings. The summed E-state index contributed by atoms with van der Waals surface area (Å²) in [5.41, 5.74) is 1.79. The standard InChI is InChI=1S/C23H29NO6/c1-24-21-6-4-3-5-19(21)23(25)20-8-7-18(17-22(20)24)30-16-15-29-14-13-28-12-11-27-10-9-26-2/h3-8,17H,9-16H2,1-2H3. The van der Waals surface area contributed by atoms with Crippen LogP contribution >= 0.6 is 0 Å². The smallest absolute Gasteiger partial charge is 0.197 e. The summed E-state index contributed by atoms with van der Waals surface area (Å²) in [5, 5.41) is 1.40. The van der Waals surface area contributed by atoms with Crippen molar-refractivity contribution in [1.82, 2.24) is 4.57 Å². The van der Waals surface area contributed by atoms with E-state index >= 15 is 0 Å². The molecule has 30 heavy (non-hydrogen) atoms. The molecule has 1 aromatic heterocycles. The highest BCUT2D eigenvalue weighted by Gasteiger charge is 2.09. The van der Waals surface area contributed by atoms with Crippen LogP contribution in [0.15, 0.2) is 47.3 Å². The number of rotatable bonds is 13. The summed E-state index contributed by atoms with van der Waals surface area (Å²) >= 11 is 0. The molecule has 2 aromatic carbocycles. The molecule has 0 saturated carbocycles. The predicted molar refractivity (Wildman–Crippen MR) is 117 cm³/mol. The quantitative estimate of drug-likeness (QED) is 0.316. The number of hydrogen-bond acceptors (Lipinski definition) is 6. The summed E-state index contributed by atoms with van der Waals surface area (Å²) in [5.74, 6) is 0.709. The van der Waals surface area contributed by atoms with Crippen molar-refractivity contribution in [2.24, 2.45) is 7.05 Å². The van der Waals surface area contributed by atoms with E-state index in [1.807, 2.05) is 54.1 Å². The zero-order chi connectivity index (χ0) is 21.2. The minimum atomic E-state index is 0.0395. The van der Waals surface area contributed by atoms with E-state index in [1.165, 1.54) is 0 Å². The molecule has 0 aliphatic heterocycles. The molecule has 3 aromatic rings. The first-order valence-electron chi connectivity index (χ1n) is 10.1. The third-order valence-corrected chi connectivity index (χ3v) is 4.76. The number of nitrogens with zero attached hydrogens (tertiary/aromatic N) is 1. The fourth-order valence-corrected chi connectivity index (χ4v) is 3.21. The van der Waals surface area contributed by atoms with Gasteiger partial charge in [0.05, 0.1) is 57.3 Å². The van der Waals surface area contributed by atoms with Gasteiger partial charge in [0.15, 0.2) is 5.43 Å². The van der Waals surface area contributed by atoms with Crippen LogP contribution in [-0.4, -0.2) is 64.5 Å². The van der Waals surface area contributed by atoms with E-state index in [9.17, 15) is 4.79 Å². The summed E-state index contributed by atoms with van der Waals surface area (Å²) in [7, 11) is 3.60. The van der Waals surface area contributed by atoms with Crippen LogP contribution in [0.2, 0.25) is 0 Å². The molecule has 7 heteroatoms. The molecule has 0 aliphatic rings. The second-order valence-electron chi connectivity index (χ2n) is 6.76. The second kappa shape index (κ2) is 11.7. The number of ether oxygens (including phenoxy) is 5. The molecule has 0 amide bonds. The lowest BCUT2D eigenvalue weighted by atomic mass is 10.1. The summed E-state index contributed by atoms with van der Waals surface area (Å²) in [6, 6.07) is 13.2. The lowest BCUT2D eigenvalue weighted by molar-refractivity contribution is 0.000168. The molecule has 0 bridgehead atoms. The molecule has 7 nitrogen and oxygen atoms in total. The number of fused-ring (bicyclic) bond motifs is 2. The Morgan fingerprint density at radius 3 is 2.03 bits per heavy atom. The van der Waals surface area contributed by atoms with Gasteiger partial charge in [0, 0.05) is 31.0 Å².